The molecule has 2 aromatic rings. The Balaban J connectivity index is 1.66. The molecule has 0 bridgehead atoms. The Morgan fingerprint density at radius 2 is 2.20 bits per heavy atom. The van der Waals surface area contributed by atoms with Crippen LogP contribution in [0.25, 0.3) is 0 Å². The molecular formula is C18H21N3O2S2. The summed E-state index contributed by atoms with van der Waals surface area (Å²) in [4.78, 5) is 18.3. The maximum atomic E-state index is 12.2. The van der Waals surface area contributed by atoms with Crippen molar-refractivity contribution in [2.75, 3.05) is 16.4 Å². The third-order valence-corrected chi connectivity index (χ3v) is 6.11. The van der Waals surface area contributed by atoms with E-state index in [2.05, 4.69) is 30.5 Å². The van der Waals surface area contributed by atoms with Crippen molar-refractivity contribution in [2.45, 2.75) is 32.1 Å². The van der Waals surface area contributed by atoms with Gasteiger partial charge in [-0.3, -0.25) is 9.79 Å². The van der Waals surface area contributed by atoms with Gasteiger partial charge in [0.25, 0.3) is 0 Å². The molecule has 0 spiro atoms. The molecule has 1 aliphatic rings. The van der Waals surface area contributed by atoms with Crippen molar-refractivity contribution in [2.24, 2.45) is 4.99 Å². The number of aryl methyl sites for hydroxylation is 1. The van der Waals surface area contributed by atoms with Crippen molar-refractivity contribution in [3.63, 3.8) is 0 Å². The van der Waals surface area contributed by atoms with Gasteiger partial charge in [-0.05, 0) is 24.6 Å². The number of aromatic hydroxyl groups is 1. The molecule has 0 fully saturated rings. The maximum absolute atomic E-state index is 12.2. The number of thiophene rings is 1. The first-order valence-electron chi connectivity index (χ1n) is 8.25. The van der Waals surface area contributed by atoms with Gasteiger partial charge >= 0.3 is 0 Å². The predicted molar refractivity (Wildman–Crippen MR) is 107 cm³/mol. The largest absolute Gasteiger partial charge is 0.508 e. The first-order chi connectivity index (χ1) is 12.1. The Labute approximate surface area is 155 Å². The molecule has 1 aromatic carbocycles. The molecule has 0 unspecified atom stereocenters. The molecule has 7 heteroatoms. The van der Waals surface area contributed by atoms with Crippen molar-refractivity contribution in [3.05, 3.63) is 40.8 Å². The summed E-state index contributed by atoms with van der Waals surface area (Å²) in [6.07, 6.45) is 1.83. The van der Waals surface area contributed by atoms with Crippen LogP contribution >= 0.6 is 23.1 Å². The van der Waals surface area contributed by atoms with E-state index in [9.17, 15) is 9.90 Å². The van der Waals surface area contributed by atoms with E-state index < -0.39 is 0 Å². The number of phenolic OH excluding ortho intramolecular Hbond substituents is 1. The number of phenols is 1. The molecule has 0 saturated carbocycles. The number of nitrogens with zero attached hydrogens (tertiary/aromatic N) is 1. The minimum Gasteiger partial charge on any atom is -0.508 e. The summed E-state index contributed by atoms with van der Waals surface area (Å²) in [5, 5.41) is 16.8. The van der Waals surface area contributed by atoms with Gasteiger partial charge in [-0.2, -0.15) is 0 Å². The average molecular weight is 376 g/mol. The van der Waals surface area contributed by atoms with Crippen LogP contribution in [0.1, 0.15) is 36.1 Å². The van der Waals surface area contributed by atoms with Gasteiger partial charge in [-0.15, -0.1) is 23.1 Å². The summed E-state index contributed by atoms with van der Waals surface area (Å²) in [6.45, 7) is 4.21. The van der Waals surface area contributed by atoms with Crippen LogP contribution < -0.4 is 10.6 Å². The summed E-state index contributed by atoms with van der Waals surface area (Å²) in [7, 11) is 0. The van der Waals surface area contributed by atoms with Gasteiger partial charge in [0.1, 0.15) is 22.0 Å². The van der Waals surface area contributed by atoms with Crippen molar-refractivity contribution in [1.29, 1.82) is 0 Å². The van der Waals surface area contributed by atoms with Gasteiger partial charge in [0.15, 0.2) is 0 Å². The minimum absolute atomic E-state index is 0.0577. The molecule has 0 radical (unpaired) electrons. The highest BCUT2D eigenvalue weighted by Gasteiger charge is 2.24. The highest BCUT2D eigenvalue weighted by Crippen LogP contribution is 2.43. The van der Waals surface area contributed by atoms with Gasteiger partial charge < -0.3 is 15.7 Å². The van der Waals surface area contributed by atoms with Crippen LogP contribution in [-0.4, -0.2) is 22.6 Å². The zero-order chi connectivity index (χ0) is 17.8. The highest BCUT2D eigenvalue weighted by atomic mass is 32.2. The number of amidine groups is 1. The van der Waals surface area contributed by atoms with Crippen LogP contribution in [0, 0.1) is 0 Å². The number of anilines is 2. The normalized spacial score (nSPS) is 15.9. The van der Waals surface area contributed by atoms with E-state index >= 15 is 0 Å². The zero-order valence-electron chi connectivity index (χ0n) is 14.2. The first kappa shape index (κ1) is 17.8. The van der Waals surface area contributed by atoms with Crippen LogP contribution in [0.2, 0.25) is 0 Å². The predicted octanol–water partition coefficient (Wildman–Crippen LogP) is 4.62. The van der Waals surface area contributed by atoms with Gasteiger partial charge in [0.05, 0.1) is 5.75 Å². The number of benzene rings is 1. The number of carbonyl (C=O) groups excluding carboxylic acids is 1. The number of fused-ring (bicyclic) bond motifs is 1. The van der Waals surface area contributed by atoms with E-state index in [-0.39, 0.29) is 17.0 Å². The third kappa shape index (κ3) is 4.35. The Hall–Kier alpha value is -1.99. The molecular weight excluding hydrogens is 354 g/mol. The van der Waals surface area contributed by atoms with E-state index in [1.54, 1.807) is 29.5 Å². The van der Waals surface area contributed by atoms with Gasteiger partial charge in [0.2, 0.25) is 5.91 Å². The van der Waals surface area contributed by atoms with Gasteiger partial charge in [-0.1, -0.05) is 19.9 Å². The summed E-state index contributed by atoms with van der Waals surface area (Å²) in [6, 6.07) is 8.75. The molecule has 1 aromatic heterocycles. The second-order valence-corrected chi connectivity index (χ2v) is 7.87. The smallest absolute Gasteiger partial charge is 0.234 e. The SMILES string of the molecule is CCC1=N[C@H](SCC(=O)Nc2cccc(O)c2)c2cc(CC)sc2N1. The quantitative estimate of drug-likeness (QED) is 0.689. The van der Waals surface area contributed by atoms with Crippen LogP contribution in [0.3, 0.4) is 0 Å². The number of carbonyl (C=O) groups is 1. The van der Waals surface area contributed by atoms with E-state index in [1.165, 1.54) is 22.7 Å². The average Bonchev–Trinajstić information content (AvgIpc) is 3.02. The molecule has 3 N–H and O–H groups in total. The number of thioether (sulfide) groups is 1. The number of hydrogen-bond acceptors (Lipinski definition) is 6. The molecule has 3 rings (SSSR count). The summed E-state index contributed by atoms with van der Waals surface area (Å²) >= 11 is 3.28. The lowest BCUT2D eigenvalue weighted by Gasteiger charge is -2.21. The molecule has 0 aliphatic carbocycles. The number of aliphatic imine (C=N–C) groups is 1. The molecule has 5 nitrogen and oxygen atoms in total. The maximum Gasteiger partial charge on any atom is 0.234 e. The lowest BCUT2D eigenvalue weighted by Crippen LogP contribution is -2.19. The molecule has 0 saturated heterocycles. The molecule has 1 amide bonds. The number of hydrogen-bond donors (Lipinski definition) is 3. The topological polar surface area (TPSA) is 73.7 Å². The molecule has 132 valence electrons. The lowest BCUT2D eigenvalue weighted by atomic mass is 10.2. The second-order valence-electron chi connectivity index (χ2n) is 5.67. The van der Waals surface area contributed by atoms with Crippen LogP contribution in [0.4, 0.5) is 10.7 Å². The monoisotopic (exact) mass is 375 g/mol. The fraction of sp³-hybridized carbons (Fsp3) is 0.333. The minimum atomic E-state index is -0.102. The van der Waals surface area contributed by atoms with E-state index in [0.29, 0.717) is 11.4 Å². The first-order valence-corrected chi connectivity index (χ1v) is 10.1. The molecule has 2 heterocycles. The van der Waals surface area contributed by atoms with Crippen molar-refractivity contribution in [3.8, 4) is 5.75 Å². The summed E-state index contributed by atoms with van der Waals surface area (Å²) < 4.78 is 0. The third-order valence-electron chi connectivity index (χ3n) is 3.79. The molecule has 25 heavy (non-hydrogen) atoms. The Morgan fingerprint density at radius 1 is 1.36 bits per heavy atom. The van der Waals surface area contributed by atoms with Crippen molar-refractivity contribution in [1.82, 2.24) is 0 Å². The standard InChI is InChI=1S/C18H21N3O2S2/c1-3-13-9-14-17(20-15(4-2)21-18(14)25-13)24-10-16(23)19-11-6-5-7-12(22)8-11/h5-9,17,22H,3-4,10H2,1-2H3,(H,19,23)(H,20,21)/t17-/m1/s1. The zero-order valence-corrected chi connectivity index (χ0v) is 15.8. The highest BCUT2D eigenvalue weighted by molar-refractivity contribution is 8.00. The van der Waals surface area contributed by atoms with Gasteiger partial charge in [0, 0.05) is 28.6 Å². The molecule has 1 aliphatic heterocycles. The van der Waals surface area contributed by atoms with Crippen molar-refractivity contribution >= 4 is 45.5 Å². The van der Waals surface area contributed by atoms with E-state index in [0.717, 1.165) is 29.2 Å². The van der Waals surface area contributed by atoms with Crippen LogP contribution in [0.5, 0.6) is 5.75 Å². The summed E-state index contributed by atoms with van der Waals surface area (Å²) in [5.41, 5.74) is 1.76. The van der Waals surface area contributed by atoms with Crippen LogP contribution in [0.15, 0.2) is 35.3 Å². The summed E-state index contributed by atoms with van der Waals surface area (Å²) in [5.74, 6) is 1.30. The van der Waals surface area contributed by atoms with E-state index in [4.69, 9.17) is 4.99 Å². The number of nitrogens with one attached hydrogen (secondary N) is 2. The van der Waals surface area contributed by atoms with Crippen LogP contribution in [-0.2, 0) is 11.2 Å². The fourth-order valence-corrected chi connectivity index (χ4v) is 4.60. The number of rotatable bonds is 6. The second kappa shape index (κ2) is 7.93. The van der Waals surface area contributed by atoms with Crippen molar-refractivity contribution < 1.29 is 9.90 Å². The Kier molecular flexibility index (Phi) is 5.65. The Bertz CT molecular complexity index is 801. The number of amides is 1. The Morgan fingerprint density at radius 3 is 2.92 bits per heavy atom. The van der Waals surface area contributed by atoms with Gasteiger partial charge in [-0.25, -0.2) is 0 Å². The molecule has 1 atom stereocenters. The lowest BCUT2D eigenvalue weighted by molar-refractivity contribution is -0.113. The van der Waals surface area contributed by atoms with E-state index in [1.807, 2.05) is 0 Å². The fourth-order valence-electron chi connectivity index (χ4n) is 2.53.